The van der Waals surface area contributed by atoms with Crippen LogP contribution in [0.2, 0.25) is 10.0 Å². The molecule has 0 radical (unpaired) electrons. The molecule has 9 nitrogen and oxygen atoms in total. The van der Waals surface area contributed by atoms with Gasteiger partial charge in [-0.2, -0.15) is 4.31 Å². The highest BCUT2D eigenvalue weighted by Gasteiger charge is 2.46. The number of sulfonamides is 1. The van der Waals surface area contributed by atoms with Gasteiger partial charge in [-0.25, -0.2) is 17.6 Å². The van der Waals surface area contributed by atoms with E-state index in [1.54, 1.807) is 12.1 Å². The maximum Gasteiger partial charge on any atom is 0.323 e. The number of halogens is 3. The number of nitrogens with zero attached hydrogens (tertiary/aromatic N) is 2. The fraction of sp³-hybridized carbons (Fsp3) is 0.200. The zero-order valence-electron chi connectivity index (χ0n) is 19.9. The number of carbonyl (C=O) groups excluding carboxylic acids is 2. The number of nitrogens with one attached hydrogen (secondary N) is 2. The Bertz CT molecular complexity index is 1470. The summed E-state index contributed by atoms with van der Waals surface area (Å²) in [6.07, 6.45) is -1.53. The molecule has 3 aromatic carbocycles. The fourth-order valence-corrected chi connectivity index (χ4v) is 5.96. The zero-order chi connectivity index (χ0) is 27.4. The van der Waals surface area contributed by atoms with Gasteiger partial charge in [0.2, 0.25) is 10.0 Å². The molecule has 0 saturated carbocycles. The molecule has 0 bridgehead atoms. The highest BCUT2D eigenvalue weighted by molar-refractivity contribution is 7.89. The van der Waals surface area contributed by atoms with E-state index >= 15 is 0 Å². The quantitative estimate of drug-likeness (QED) is 0.393. The first-order valence-corrected chi connectivity index (χ1v) is 13.7. The number of anilines is 1. The smallest absolute Gasteiger partial charge is 0.323 e. The van der Waals surface area contributed by atoms with E-state index in [0.29, 0.717) is 6.54 Å². The van der Waals surface area contributed by atoms with Gasteiger partial charge in [-0.15, -0.1) is 0 Å². The molecule has 1 atom stereocenters. The summed E-state index contributed by atoms with van der Waals surface area (Å²) < 4.78 is 41.7. The fourth-order valence-electron chi connectivity index (χ4n) is 4.02. The molecule has 1 fully saturated rings. The van der Waals surface area contributed by atoms with Crippen molar-refractivity contribution >= 4 is 50.9 Å². The van der Waals surface area contributed by atoms with Gasteiger partial charge >= 0.3 is 6.03 Å². The molecule has 1 unspecified atom stereocenters. The predicted octanol–water partition coefficient (Wildman–Crippen LogP) is 3.77. The molecule has 4 rings (SSSR count). The van der Waals surface area contributed by atoms with Crippen LogP contribution >= 0.6 is 23.2 Å². The molecular weight excluding hydrogens is 556 g/mol. The highest BCUT2D eigenvalue weighted by Crippen LogP contribution is 2.30. The minimum absolute atomic E-state index is 0.0217. The lowest BCUT2D eigenvalue weighted by atomic mass is 10.1. The van der Waals surface area contributed by atoms with Crippen molar-refractivity contribution in [3.8, 4) is 0 Å². The number of amides is 3. The normalized spacial score (nSPS) is 15.9. The lowest BCUT2D eigenvalue weighted by Crippen LogP contribution is -2.54. The molecular formula is C25H24Cl2FN5O4S. The van der Waals surface area contributed by atoms with Crippen LogP contribution in [0.1, 0.15) is 11.1 Å². The first-order valence-electron chi connectivity index (χ1n) is 11.5. The van der Waals surface area contributed by atoms with Crippen LogP contribution < -0.4 is 16.4 Å². The summed E-state index contributed by atoms with van der Waals surface area (Å²) in [5.41, 5.74) is 7.44. The van der Waals surface area contributed by atoms with Crippen LogP contribution in [0, 0.1) is 5.82 Å². The van der Waals surface area contributed by atoms with Crippen LogP contribution in [0.25, 0.3) is 0 Å². The Morgan fingerprint density at radius 2 is 1.71 bits per heavy atom. The molecule has 38 heavy (non-hydrogen) atoms. The van der Waals surface area contributed by atoms with E-state index in [9.17, 15) is 22.4 Å². The van der Waals surface area contributed by atoms with Gasteiger partial charge in [-0.05, 0) is 47.5 Å². The third kappa shape index (κ3) is 6.08. The van der Waals surface area contributed by atoms with E-state index in [-0.39, 0.29) is 40.3 Å². The third-order valence-corrected chi connectivity index (χ3v) is 8.48. The number of hydrogen-bond donors (Lipinski definition) is 3. The lowest BCUT2D eigenvalue weighted by molar-refractivity contribution is -0.127. The van der Waals surface area contributed by atoms with Gasteiger partial charge < -0.3 is 16.4 Å². The molecule has 0 aliphatic carbocycles. The SMILES string of the molecule is NCc1cccc(CNC(=O)C2N(C(=O)Nc3cccc(F)c3)CCN2S(=O)(=O)c2ccc(Cl)c(Cl)c2)c1. The van der Waals surface area contributed by atoms with Crippen LogP contribution in [0.5, 0.6) is 0 Å². The van der Waals surface area contributed by atoms with Crippen molar-refractivity contribution in [1.29, 1.82) is 0 Å². The monoisotopic (exact) mass is 579 g/mol. The van der Waals surface area contributed by atoms with E-state index < -0.39 is 33.9 Å². The second kappa shape index (κ2) is 11.7. The second-order valence-corrected chi connectivity index (χ2v) is 11.1. The van der Waals surface area contributed by atoms with Crippen molar-refractivity contribution in [2.45, 2.75) is 24.2 Å². The maximum atomic E-state index is 13.6. The number of urea groups is 1. The Morgan fingerprint density at radius 1 is 0.974 bits per heavy atom. The predicted molar refractivity (Wildman–Crippen MR) is 142 cm³/mol. The van der Waals surface area contributed by atoms with Crippen LogP contribution in [0.15, 0.2) is 71.6 Å². The minimum atomic E-state index is -4.28. The summed E-state index contributed by atoms with van der Waals surface area (Å²) in [4.78, 5) is 27.5. The Morgan fingerprint density at radius 3 is 2.42 bits per heavy atom. The molecule has 4 N–H and O–H groups in total. The summed E-state index contributed by atoms with van der Waals surface area (Å²) in [5.74, 6) is -1.29. The lowest BCUT2D eigenvalue weighted by Gasteiger charge is -2.29. The van der Waals surface area contributed by atoms with Crippen LogP contribution in [-0.2, 0) is 27.9 Å². The number of nitrogens with two attached hydrogens (primary N) is 1. The van der Waals surface area contributed by atoms with Gasteiger partial charge in [0.15, 0.2) is 6.17 Å². The van der Waals surface area contributed by atoms with Crippen molar-refractivity contribution in [3.05, 3.63) is 93.7 Å². The Kier molecular flexibility index (Phi) is 8.54. The van der Waals surface area contributed by atoms with Crippen molar-refractivity contribution < 1.29 is 22.4 Å². The van der Waals surface area contributed by atoms with Crippen molar-refractivity contribution in [1.82, 2.24) is 14.5 Å². The van der Waals surface area contributed by atoms with Gasteiger partial charge in [-0.3, -0.25) is 9.69 Å². The van der Waals surface area contributed by atoms with E-state index in [2.05, 4.69) is 10.6 Å². The molecule has 0 aromatic heterocycles. The molecule has 0 spiro atoms. The molecule has 1 aliphatic heterocycles. The summed E-state index contributed by atoms with van der Waals surface area (Å²) >= 11 is 12.0. The number of hydrogen-bond acceptors (Lipinski definition) is 5. The van der Waals surface area contributed by atoms with Gasteiger partial charge in [-0.1, -0.05) is 53.5 Å². The maximum absolute atomic E-state index is 13.6. The van der Waals surface area contributed by atoms with Crippen molar-refractivity contribution in [2.75, 3.05) is 18.4 Å². The Hall–Kier alpha value is -3.22. The molecule has 13 heteroatoms. The van der Waals surface area contributed by atoms with E-state index in [1.807, 2.05) is 12.1 Å². The summed E-state index contributed by atoms with van der Waals surface area (Å²) in [7, 11) is -4.28. The second-order valence-electron chi connectivity index (χ2n) is 8.44. The van der Waals surface area contributed by atoms with Crippen molar-refractivity contribution in [3.63, 3.8) is 0 Å². The number of benzene rings is 3. The molecule has 3 amide bonds. The van der Waals surface area contributed by atoms with Crippen LogP contribution in [-0.4, -0.2) is 48.8 Å². The first-order chi connectivity index (χ1) is 18.1. The number of carbonyl (C=O) groups is 2. The Labute approximate surface area is 229 Å². The minimum Gasteiger partial charge on any atom is -0.349 e. The van der Waals surface area contributed by atoms with Crippen LogP contribution in [0.3, 0.4) is 0 Å². The molecule has 1 heterocycles. The molecule has 200 valence electrons. The summed E-state index contributed by atoms with van der Waals surface area (Å²) in [6.45, 7) is 0.125. The molecule has 1 aliphatic rings. The topological polar surface area (TPSA) is 125 Å². The average molecular weight is 580 g/mol. The standard InChI is InChI=1S/C25H24Cl2FN5O4S/c26-21-8-7-20(13-22(21)27)38(36,37)33-10-9-32(25(35)31-19-6-2-5-18(28)12-19)24(33)23(34)30-15-17-4-1-3-16(11-17)14-29/h1-8,11-13,24H,9-10,14-15,29H2,(H,30,34)(H,31,35). The largest absolute Gasteiger partial charge is 0.349 e. The zero-order valence-corrected chi connectivity index (χ0v) is 22.2. The molecule has 3 aromatic rings. The van der Waals surface area contributed by atoms with E-state index in [4.69, 9.17) is 28.9 Å². The highest BCUT2D eigenvalue weighted by atomic mass is 35.5. The summed E-state index contributed by atoms with van der Waals surface area (Å²) in [5, 5.41) is 5.41. The molecule has 1 saturated heterocycles. The van der Waals surface area contributed by atoms with Crippen molar-refractivity contribution in [2.24, 2.45) is 5.73 Å². The van der Waals surface area contributed by atoms with Gasteiger partial charge in [0, 0.05) is 31.9 Å². The van der Waals surface area contributed by atoms with Gasteiger partial charge in [0.25, 0.3) is 5.91 Å². The van der Waals surface area contributed by atoms with Gasteiger partial charge in [0.05, 0.1) is 14.9 Å². The average Bonchev–Trinajstić information content (AvgIpc) is 3.35. The third-order valence-electron chi connectivity index (χ3n) is 5.89. The van der Waals surface area contributed by atoms with Gasteiger partial charge in [0.1, 0.15) is 5.82 Å². The number of rotatable bonds is 7. The first kappa shape index (κ1) is 27.8. The van der Waals surface area contributed by atoms with E-state index in [0.717, 1.165) is 26.4 Å². The summed E-state index contributed by atoms with van der Waals surface area (Å²) in [6, 6.07) is 15.5. The van der Waals surface area contributed by atoms with E-state index in [1.165, 1.54) is 36.4 Å². The Balaban J connectivity index is 1.63. The van der Waals surface area contributed by atoms with Crippen LogP contribution in [0.4, 0.5) is 14.9 Å².